The first-order valence-corrected chi connectivity index (χ1v) is 9.06. The number of carbonyl (C=O) groups is 2. The average Bonchev–Trinajstić information content (AvgIpc) is 2.53. The third-order valence-electron chi connectivity index (χ3n) is 4.66. The molecule has 2 rings (SSSR count). The smallest absolute Gasteiger partial charge is 0.306 e. The first-order chi connectivity index (χ1) is 11.0. The molecular weight excluding hydrogens is 358 g/mol. The SMILES string of the molecule is CCC(Cc1cccc(Br)c1)C(=O)NC1CCC(C(=O)O)CC1. The van der Waals surface area contributed by atoms with Crippen LogP contribution in [0.3, 0.4) is 0 Å². The maximum absolute atomic E-state index is 12.5. The molecule has 0 radical (unpaired) electrons. The normalized spacial score (nSPS) is 22.3. The highest BCUT2D eigenvalue weighted by Crippen LogP contribution is 2.25. The predicted octanol–water partition coefficient (Wildman–Crippen LogP) is 3.78. The lowest BCUT2D eigenvalue weighted by molar-refractivity contribution is -0.142. The van der Waals surface area contributed by atoms with Crippen molar-refractivity contribution in [1.82, 2.24) is 5.32 Å². The zero-order valence-electron chi connectivity index (χ0n) is 13.4. The van der Waals surface area contributed by atoms with Crippen molar-refractivity contribution in [2.75, 3.05) is 0 Å². The predicted molar refractivity (Wildman–Crippen MR) is 93.2 cm³/mol. The number of carboxylic acid groups (broad SMARTS) is 1. The molecule has 0 saturated heterocycles. The topological polar surface area (TPSA) is 66.4 Å². The number of carbonyl (C=O) groups excluding carboxylic acids is 1. The van der Waals surface area contributed by atoms with E-state index in [1.54, 1.807) is 0 Å². The summed E-state index contributed by atoms with van der Waals surface area (Å²) in [5.41, 5.74) is 1.15. The van der Waals surface area contributed by atoms with E-state index in [4.69, 9.17) is 5.11 Å². The molecule has 2 N–H and O–H groups in total. The van der Waals surface area contributed by atoms with Gasteiger partial charge in [0.15, 0.2) is 0 Å². The van der Waals surface area contributed by atoms with Crippen LogP contribution in [0.4, 0.5) is 0 Å². The van der Waals surface area contributed by atoms with Crippen LogP contribution in [-0.2, 0) is 16.0 Å². The van der Waals surface area contributed by atoms with Gasteiger partial charge in [0.2, 0.25) is 5.91 Å². The number of benzene rings is 1. The molecule has 4 nitrogen and oxygen atoms in total. The maximum Gasteiger partial charge on any atom is 0.306 e. The van der Waals surface area contributed by atoms with E-state index in [0.717, 1.165) is 35.7 Å². The second-order valence-corrected chi connectivity index (χ2v) is 7.25. The molecule has 23 heavy (non-hydrogen) atoms. The van der Waals surface area contributed by atoms with E-state index >= 15 is 0 Å². The zero-order valence-corrected chi connectivity index (χ0v) is 15.0. The van der Waals surface area contributed by atoms with Crippen LogP contribution in [-0.4, -0.2) is 23.0 Å². The summed E-state index contributed by atoms with van der Waals surface area (Å²) >= 11 is 3.46. The van der Waals surface area contributed by atoms with Crippen molar-refractivity contribution in [2.24, 2.45) is 11.8 Å². The molecule has 0 heterocycles. The minimum Gasteiger partial charge on any atom is -0.481 e. The first-order valence-electron chi connectivity index (χ1n) is 8.27. The van der Waals surface area contributed by atoms with Gasteiger partial charge >= 0.3 is 5.97 Å². The molecular formula is C18H24BrNO3. The van der Waals surface area contributed by atoms with Crippen molar-refractivity contribution in [3.63, 3.8) is 0 Å². The summed E-state index contributed by atoms with van der Waals surface area (Å²) in [5, 5.41) is 12.1. The summed E-state index contributed by atoms with van der Waals surface area (Å²) in [7, 11) is 0. The second kappa shape index (κ2) is 8.48. The van der Waals surface area contributed by atoms with Crippen molar-refractivity contribution in [3.05, 3.63) is 34.3 Å². The van der Waals surface area contributed by atoms with Crippen molar-refractivity contribution >= 4 is 27.8 Å². The average molecular weight is 382 g/mol. The van der Waals surface area contributed by atoms with Crippen LogP contribution in [0, 0.1) is 11.8 Å². The quantitative estimate of drug-likeness (QED) is 0.787. The van der Waals surface area contributed by atoms with Gasteiger partial charge in [-0.1, -0.05) is 35.0 Å². The van der Waals surface area contributed by atoms with Crippen LogP contribution in [0.5, 0.6) is 0 Å². The molecule has 1 unspecified atom stereocenters. The van der Waals surface area contributed by atoms with Crippen molar-refractivity contribution in [1.29, 1.82) is 0 Å². The number of halogens is 1. The van der Waals surface area contributed by atoms with Gasteiger partial charge in [-0.05, 0) is 56.2 Å². The molecule has 1 aromatic carbocycles. The number of hydrogen-bond acceptors (Lipinski definition) is 2. The monoisotopic (exact) mass is 381 g/mol. The highest BCUT2D eigenvalue weighted by molar-refractivity contribution is 9.10. The molecule has 5 heteroatoms. The Morgan fingerprint density at radius 3 is 2.57 bits per heavy atom. The number of aliphatic carboxylic acids is 1. The molecule has 1 aliphatic rings. The van der Waals surface area contributed by atoms with Gasteiger partial charge in [-0.25, -0.2) is 0 Å². The summed E-state index contributed by atoms with van der Waals surface area (Å²) < 4.78 is 1.03. The Hall–Kier alpha value is -1.36. The summed E-state index contributed by atoms with van der Waals surface area (Å²) in [4.78, 5) is 23.5. The van der Waals surface area contributed by atoms with Crippen LogP contribution in [0.25, 0.3) is 0 Å². The molecule has 1 atom stereocenters. The highest BCUT2D eigenvalue weighted by Gasteiger charge is 2.28. The lowest BCUT2D eigenvalue weighted by atomic mass is 9.85. The Labute approximate surface area is 145 Å². The summed E-state index contributed by atoms with van der Waals surface area (Å²) in [6.45, 7) is 2.03. The van der Waals surface area contributed by atoms with Gasteiger partial charge in [-0.2, -0.15) is 0 Å². The molecule has 1 fully saturated rings. The van der Waals surface area contributed by atoms with E-state index in [0.29, 0.717) is 12.8 Å². The molecule has 0 spiro atoms. The fourth-order valence-corrected chi connectivity index (χ4v) is 3.62. The Kier molecular flexibility index (Phi) is 6.63. The largest absolute Gasteiger partial charge is 0.481 e. The molecule has 0 bridgehead atoms. The van der Waals surface area contributed by atoms with Crippen LogP contribution in [0.2, 0.25) is 0 Å². The van der Waals surface area contributed by atoms with Crippen molar-refractivity contribution < 1.29 is 14.7 Å². The molecule has 1 amide bonds. The van der Waals surface area contributed by atoms with E-state index < -0.39 is 5.97 Å². The van der Waals surface area contributed by atoms with Crippen LogP contribution in [0.15, 0.2) is 28.7 Å². The Bertz CT molecular complexity index is 553. The van der Waals surface area contributed by atoms with E-state index in [9.17, 15) is 9.59 Å². The van der Waals surface area contributed by atoms with Crippen LogP contribution in [0.1, 0.15) is 44.6 Å². The number of hydrogen-bond donors (Lipinski definition) is 2. The van der Waals surface area contributed by atoms with Gasteiger partial charge in [0.05, 0.1) is 5.92 Å². The Morgan fingerprint density at radius 2 is 2.00 bits per heavy atom. The fraction of sp³-hybridized carbons (Fsp3) is 0.556. The minimum atomic E-state index is -0.712. The number of nitrogens with one attached hydrogen (secondary N) is 1. The van der Waals surface area contributed by atoms with Gasteiger partial charge in [0, 0.05) is 16.4 Å². The third-order valence-corrected chi connectivity index (χ3v) is 5.15. The van der Waals surface area contributed by atoms with E-state index in [1.807, 2.05) is 31.2 Å². The van der Waals surface area contributed by atoms with Gasteiger partial charge in [0.1, 0.15) is 0 Å². The van der Waals surface area contributed by atoms with E-state index in [1.165, 1.54) is 0 Å². The Morgan fingerprint density at radius 1 is 1.30 bits per heavy atom. The number of amides is 1. The highest BCUT2D eigenvalue weighted by atomic mass is 79.9. The van der Waals surface area contributed by atoms with Crippen molar-refractivity contribution in [3.8, 4) is 0 Å². The summed E-state index contributed by atoms with van der Waals surface area (Å²) in [5.74, 6) is -0.907. The summed E-state index contributed by atoms with van der Waals surface area (Å²) in [6.07, 6.45) is 4.35. The number of rotatable bonds is 6. The van der Waals surface area contributed by atoms with Gasteiger partial charge in [-0.3, -0.25) is 9.59 Å². The fourth-order valence-electron chi connectivity index (χ4n) is 3.17. The Balaban J connectivity index is 1.87. The summed E-state index contributed by atoms with van der Waals surface area (Å²) in [6, 6.07) is 8.17. The minimum absolute atomic E-state index is 0.0403. The lowest BCUT2D eigenvalue weighted by Gasteiger charge is -2.28. The van der Waals surface area contributed by atoms with E-state index in [-0.39, 0.29) is 23.8 Å². The second-order valence-electron chi connectivity index (χ2n) is 6.33. The third kappa shape index (κ3) is 5.34. The first kappa shape index (κ1) is 18.0. The molecule has 0 aliphatic heterocycles. The molecule has 126 valence electrons. The van der Waals surface area contributed by atoms with E-state index in [2.05, 4.69) is 21.2 Å². The van der Waals surface area contributed by atoms with Crippen molar-refractivity contribution in [2.45, 2.75) is 51.5 Å². The molecule has 1 aromatic rings. The number of carboxylic acids is 1. The molecule has 1 aliphatic carbocycles. The maximum atomic E-state index is 12.5. The lowest BCUT2D eigenvalue weighted by Crippen LogP contribution is -2.42. The van der Waals surface area contributed by atoms with Gasteiger partial charge < -0.3 is 10.4 Å². The van der Waals surface area contributed by atoms with Gasteiger partial charge in [-0.15, -0.1) is 0 Å². The van der Waals surface area contributed by atoms with Crippen LogP contribution < -0.4 is 5.32 Å². The molecule has 1 saturated carbocycles. The van der Waals surface area contributed by atoms with Gasteiger partial charge in [0.25, 0.3) is 0 Å². The zero-order chi connectivity index (χ0) is 16.8. The standard InChI is InChI=1S/C18H24BrNO3/c1-2-13(10-12-4-3-5-15(19)11-12)17(21)20-16-8-6-14(7-9-16)18(22)23/h3-5,11,13-14,16H,2,6-10H2,1H3,(H,20,21)(H,22,23). The molecule has 0 aromatic heterocycles. The van der Waals surface area contributed by atoms with Crippen LogP contribution >= 0.6 is 15.9 Å².